The number of rotatable bonds is 3. The van der Waals surface area contributed by atoms with Crippen molar-refractivity contribution in [1.29, 1.82) is 0 Å². The number of nitrogens with one attached hydrogen (secondary N) is 1. The van der Waals surface area contributed by atoms with Crippen molar-refractivity contribution in [2.75, 3.05) is 6.54 Å². The van der Waals surface area contributed by atoms with E-state index in [4.69, 9.17) is 11.6 Å². The molecule has 1 N–H and O–H groups in total. The van der Waals surface area contributed by atoms with Crippen LogP contribution in [0.2, 0.25) is 5.02 Å². The first-order valence-electron chi connectivity index (χ1n) is 6.90. The van der Waals surface area contributed by atoms with Gasteiger partial charge in [0.05, 0.1) is 10.9 Å². The zero-order chi connectivity index (χ0) is 14.8. The number of ketones is 1. The van der Waals surface area contributed by atoms with E-state index in [2.05, 4.69) is 5.32 Å². The fourth-order valence-corrected chi connectivity index (χ4v) is 2.96. The highest BCUT2D eigenvalue weighted by Crippen LogP contribution is 2.26. The van der Waals surface area contributed by atoms with Gasteiger partial charge in [-0.3, -0.25) is 4.79 Å². The lowest BCUT2D eigenvalue weighted by atomic mass is 9.85. The van der Waals surface area contributed by atoms with Gasteiger partial charge in [-0.15, -0.1) is 0 Å². The van der Waals surface area contributed by atoms with Crippen molar-refractivity contribution in [1.82, 2.24) is 5.32 Å². The fraction of sp³-hybridized carbons (Fsp3) is 0.235. The molecular formula is C17H15ClFNO. The minimum atomic E-state index is -0.461. The summed E-state index contributed by atoms with van der Waals surface area (Å²) in [6.07, 6.45) is 0.265. The van der Waals surface area contributed by atoms with Crippen LogP contribution in [0, 0.1) is 5.82 Å². The number of hydrogen-bond donors (Lipinski definition) is 1. The van der Waals surface area contributed by atoms with Gasteiger partial charge in [-0.1, -0.05) is 41.9 Å². The Balaban J connectivity index is 1.81. The molecule has 108 valence electrons. The Bertz CT molecular complexity index is 686. The lowest BCUT2D eigenvalue weighted by molar-refractivity contribution is -0.119. The average molecular weight is 304 g/mol. The molecule has 0 amide bonds. The predicted octanol–water partition coefficient (Wildman–Crippen LogP) is 3.48. The van der Waals surface area contributed by atoms with Gasteiger partial charge >= 0.3 is 0 Å². The molecule has 1 aliphatic rings. The SMILES string of the molecule is O=C(Cc1ccc(F)c(Cl)c1)C1CNCc2ccccc21. The van der Waals surface area contributed by atoms with Crippen LogP contribution >= 0.6 is 11.6 Å². The minimum Gasteiger partial charge on any atom is -0.312 e. The van der Waals surface area contributed by atoms with E-state index in [1.54, 1.807) is 6.07 Å². The van der Waals surface area contributed by atoms with Crippen molar-refractivity contribution in [2.24, 2.45) is 0 Å². The van der Waals surface area contributed by atoms with E-state index < -0.39 is 5.82 Å². The van der Waals surface area contributed by atoms with Crippen molar-refractivity contribution in [3.63, 3.8) is 0 Å². The fourth-order valence-electron chi connectivity index (χ4n) is 2.76. The van der Waals surface area contributed by atoms with E-state index in [0.717, 1.165) is 17.7 Å². The summed E-state index contributed by atoms with van der Waals surface area (Å²) in [4.78, 5) is 12.5. The summed E-state index contributed by atoms with van der Waals surface area (Å²) in [7, 11) is 0. The molecule has 0 bridgehead atoms. The average Bonchev–Trinajstić information content (AvgIpc) is 2.50. The van der Waals surface area contributed by atoms with Crippen LogP contribution in [0.5, 0.6) is 0 Å². The molecule has 0 radical (unpaired) electrons. The first kappa shape index (κ1) is 14.2. The van der Waals surface area contributed by atoms with Crippen LogP contribution < -0.4 is 5.32 Å². The Morgan fingerprint density at radius 3 is 2.90 bits per heavy atom. The van der Waals surface area contributed by atoms with E-state index in [1.807, 2.05) is 24.3 Å². The van der Waals surface area contributed by atoms with Crippen LogP contribution in [0.4, 0.5) is 4.39 Å². The van der Waals surface area contributed by atoms with E-state index in [1.165, 1.54) is 17.7 Å². The van der Waals surface area contributed by atoms with Crippen LogP contribution in [-0.2, 0) is 17.8 Å². The Labute approximate surface area is 127 Å². The number of Topliss-reactive ketones (excluding diaryl/α,β-unsaturated/α-hetero) is 1. The Hall–Kier alpha value is -1.71. The molecular weight excluding hydrogens is 289 g/mol. The molecule has 1 unspecified atom stereocenters. The molecule has 2 nitrogen and oxygen atoms in total. The molecule has 1 aliphatic heterocycles. The lowest BCUT2D eigenvalue weighted by Crippen LogP contribution is -2.33. The summed E-state index contributed by atoms with van der Waals surface area (Å²) in [6, 6.07) is 12.4. The normalized spacial score (nSPS) is 17.3. The largest absolute Gasteiger partial charge is 0.312 e. The summed E-state index contributed by atoms with van der Waals surface area (Å²) in [6.45, 7) is 1.44. The summed E-state index contributed by atoms with van der Waals surface area (Å²) in [5.41, 5.74) is 3.00. The van der Waals surface area contributed by atoms with Crippen molar-refractivity contribution in [2.45, 2.75) is 18.9 Å². The molecule has 3 rings (SSSR count). The van der Waals surface area contributed by atoms with Gasteiger partial charge in [0, 0.05) is 19.5 Å². The van der Waals surface area contributed by atoms with Gasteiger partial charge < -0.3 is 5.32 Å². The second-order valence-corrected chi connectivity index (χ2v) is 5.68. The Morgan fingerprint density at radius 2 is 2.10 bits per heavy atom. The Morgan fingerprint density at radius 1 is 1.29 bits per heavy atom. The highest BCUT2D eigenvalue weighted by Gasteiger charge is 2.25. The third-order valence-corrected chi connectivity index (χ3v) is 4.14. The van der Waals surface area contributed by atoms with Gasteiger partial charge in [-0.2, -0.15) is 0 Å². The second-order valence-electron chi connectivity index (χ2n) is 5.27. The maximum absolute atomic E-state index is 13.2. The van der Waals surface area contributed by atoms with Crippen LogP contribution in [0.3, 0.4) is 0 Å². The topological polar surface area (TPSA) is 29.1 Å². The number of fused-ring (bicyclic) bond motifs is 1. The third-order valence-electron chi connectivity index (χ3n) is 3.85. The second kappa shape index (κ2) is 5.96. The van der Waals surface area contributed by atoms with E-state index in [9.17, 15) is 9.18 Å². The molecule has 21 heavy (non-hydrogen) atoms. The van der Waals surface area contributed by atoms with Gasteiger partial charge in [0.25, 0.3) is 0 Å². The molecule has 4 heteroatoms. The molecule has 1 atom stereocenters. The molecule has 0 saturated carbocycles. The molecule has 2 aromatic carbocycles. The molecule has 0 spiro atoms. The predicted molar refractivity (Wildman–Crippen MR) is 81.0 cm³/mol. The maximum atomic E-state index is 13.2. The number of hydrogen-bond acceptors (Lipinski definition) is 2. The third kappa shape index (κ3) is 2.99. The Kier molecular flexibility index (Phi) is 4.04. The van der Waals surface area contributed by atoms with Gasteiger partial charge in [-0.25, -0.2) is 4.39 Å². The summed E-state index contributed by atoms with van der Waals surface area (Å²) >= 11 is 5.77. The molecule has 1 heterocycles. The van der Waals surface area contributed by atoms with Crippen molar-refractivity contribution >= 4 is 17.4 Å². The van der Waals surface area contributed by atoms with Gasteiger partial charge in [0.1, 0.15) is 11.6 Å². The maximum Gasteiger partial charge on any atom is 0.145 e. The van der Waals surface area contributed by atoms with E-state index >= 15 is 0 Å². The zero-order valence-corrected chi connectivity index (χ0v) is 12.2. The summed E-state index contributed by atoms with van der Waals surface area (Å²) < 4.78 is 13.2. The van der Waals surface area contributed by atoms with Crippen molar-refractivity contribution < 1.29 is 9.18 Å². The van der Waals surface area contributed by atoms with Crippen LogP contribution in [0.1, 0.15) is 22.6 Å². The quantitative estimate of drug-likeness (QED) is 0.940. The van der Waals surface area contributed by atoms with E-state index in [0.29, 0.717) is 6.54 Å². The molecule has 2 aromatic rings. The van der Waals surface area contributed by atoms with Gasteiger partial charge in [0.15, 0.2) is 0 Å². The van der Waals surface area contributed by atoms with Crippen molar-refractivity contribution in [3.8, 4) is 0 Å². The zero-order valence-electron chi connectivity index (χ0n) is 11.4. The molecule has 0 aromatic heterocycles. The smallest absolute Gasteiger partial charge is 0.145 e. The first-order valence-corrected chi connectivity index (χ1v) is 7.28. The number of halogens is 2. The summed E-state index contributed by atoms with van der Waals surface area (Å²) in [5, 5.41) is 3.33. The van der Waals surface area contributed by atoms with Crippen LogP contribution in [0.15, 0.2) is 42.5 Å². The van der Waals surface area contributed by atoms with Gasteiger partial charge in [0.2, 0.25) is 0 Å². The number of carbonyl (C=O) groups is 1. The number of carbonyl (C=O) groups excluding carboxylic acids is 1. The highest BCUT2D eigenvalue weighted by atomic mass is 35.5. The minimum absolute atomic E-state index is 0.0578. The van der Waals surface area contributed by atoms with Crippen molar-refractivity contribution in [3.05, 3.63) is 70.0 Å². The first-order chi connectivity index (χ1) is 10.1. The van der Waals surface area contributed by atoms with Gasteiger partial charge in [-0.05, 0) is 28.8 Å². The lowest BCUT2D eigenvalue weighted by Gasteiger charge is -2.25. The molecule has 0 aliphatic carbocycles. The van der Waals surface area contributed by atoms with Crippen LogP contribution in [-0.4, -0.2) is 12.3 Å². The molecule has 0 fully saturated rings. The van der Waals surface area contributed by atoms with E-state index in [-0.39, 0.29) is 23.1 Å². The highest BCUT2D eigenvalue weighted by molar-refractivity contribution is 6.30. The summed E-state index contributed by atoms with van der Waals surface area (Å²) in [5.74, 6) is -0.492. The monoisotopic (exact) mass is 303 g/mol. The van der Waals surface area contributed by atoms with Crippen LogP contribution in [0.25, 0.3) is 0 Å². The standard InChI is InChI=1S/C17H15ClFNO/c18-15-7-11(5-6-16(15)19)8-17(21)14-10-20-9-12-3-1-2-4-13(12)14/h1-7,14,20H,8-10H2. The number of benzene rings is 2. The molecule has 0 saturated heterocycles.